The zero-order valence-electron chi connectivity index (χ0n) is 12.8. The second-order valence-electron chi connectivity index (χ2n) is 5.74. The summed E-state index contributed by atoms with van der Waals surface area (Å²) in [4.78, 5) is 13.0. The van der Waals surface area contributed by atoms with Gasteiger partial charge in [0, 0.05) is 25.3 Å². The van der Waals surface area contributed by atoms with Crippen molar-refractivity contribution in [2.75, 3.05) is 26.8 Å². The van der Waals surface area contributed by atoms with Crippen LogP contribution in [0.25, 0.3) is 0 Å². The van der Waals surface area contributed by atoms with Crippen LogP contribution in [0.1, 0.15) is 42.0 Å². The number of ether oxygens (including phenoxy) is 1. The minimum absolute atomic E-state index is 0.0480. The van der Waals surface area contributed by atoms with Crippen LogP contribution in [0.4, 0.5) is 0 Å². The molecule has 0 saturated carbocycles. The molecule has 21 heavy (non-hydrogen) atoms. The smallest absolute Gasteiger partial charge is 0.317 e. The van der Waals surface area contributed by atoms with Gasteiger partial charge in [0.25, 0.3) is 0 Å². The molecule has 0 fully saturated rings. The van der Waals surface area contributed by atoms with Crippen LogP contribution >= 0.6 is 0 Å². The number of benzene rings is 1. The second-order valence-corrected chi connectivity index (χ2v) is 5.74. The van der Waals surface area contributed by atoms with Crippen LogP contribution in [0.5, 0.6) is 5.75 Å². The fraction of sp³-hybridized carbons (Fsp3) is 0.562. The summed E-state index contributed by atoms with van der Waals surface area (Å²) < 4.78 is 5.09. The largest absolute Gasteiger partial charge is 0.508 e. The molecule has 0 radical (unpaired) electrons. The minimum atomic E-state index is -0.862. The fourth-order valence-corrected chi connectivity index (χ4v) is 3.37. The van der Waals surface area contributed by atoms with E-state index < -0.39 is 5.97 Å². The van der Waals surface area contributed by atoms with Crippen molar-refractivity contribution in [2.45, 2.75) is 32.2 Å². The van der Waals surface area contributed by atoms with Gasteiger partial charge in [0.2, 0.25) is 0 Å². The Labute approximate surface area is 125 Å². The molecule has 0 spiro atoms. The second kappa shape index (κ2) is 6.45. The Hall–Kier alpha value is -1.59. The van der Waals surface area contributed by atoms with E-state index in [1.165, 1.54) is 0 Å². The lowest BCUT2D eigenvalue weighted by molar-refractivity contribution is -0.139. The third-order valence-corrected chi connectivity index (χ3v) is 4.25. The number of aliphatic carboxylic acids is 1. The zero-order valence-corrected chi connectivity index (χ0v) is 12.8. The third kappa shape index (κ3) is 3.19. The average Bonchev–Trinajstić information content (AvgIpc) is 2.77. The summed E-state index contributed by atoms with van der Waals surface area (Å²) in [5, 5.41) is 19.4. The Kier molecular flexibility index (Phi) is 4.85. The molecule has 0 heterocycles. The molecule has 2 N–H and O–H groups in total. The highest BCUT2D eigenvalue weighted by molar-refractivity contribution is 5.69. The number of rotatable bonds is 6. The van der Waals surface area contributed by atoms with Crippen molar-refractivity contribution in [3.8, 4) is 5.75 Å². The van der Waals surface area contributed by atoms with Gasteiger partial charge in [-0.3, -0.25) is 9.69 Å². The van der Waals surface area contributed by atoms with E-state index in [0.29, 0.717) is 19.1 Å². The molecule has 2 rings (SSSR count). The highest BCUT2D eigenvalue weighted by atomic mass is 16.5. The maximum atomic E-state index is 11.1. The molecule has 1 aromatic carbocycles. The zero-order chi connectivity index (χ0) is 15.6. The summed E-state index contributed by atoms with van der Waals surface area (Å²) in [6.45, 7) is 5.12. The molecule has 0 aliphatic heterocycles. The number of carbonyl (C=O) groups is 1. The molecule has 116 valence electrons. The van der Waals surface area contributed by atoms with Gasteiger partial charge in [0.15, 0.2) is 0 Å². The van der Waals surface area contributed by atoms with E-state index in [4.69, 9.17) is 9.84 Å². The summed E-state index contributed by atoms with van der Waals surface area (Å²) in [5.41, 5.74) is 3.20. The lowest BCUT2D eigenvalue weighted by Gasteiger charge is -2.28. The summed E-state index contributed by atoms with van der Waals surface area (Å²) in [5.74, 6) is -0.284. The molecule has 1 aromatic rings. The van der Waals surface area contributed by atoms with Gasteiger partial charge in [-0.05, 0) is 36.5 Å². The van der Waals surface area contributed by atoms with Crippen LogP contribution in [0.15, 0.2) is 12.1 Å². The number of nitrogens with zero attached hydrogens (tertiary/aromatic N) is 1. The number of carboxylic acids is 1. The summed E-state index contributed by atoms with van der Waals surface area (Å²) in [6, 6.07) is 3.55. The highest BCUT2D eigenvalue weighted by Gasteiger charge is 2.36. The number of aromatic hydroxyl groups is 1. The van der Waals surface area contributed by atoms with Crippen LogP contribution in [0, 0.1) is 6.92 Å². The van der Waals surface area contributed by atoms with E-state index in [9.17, 15) is 9.90 Å². The molecule has 0 aromatic heterocycles. The Bertz CT molecular complexity index is 529. The van der Waals surface area contributed by atoms with Crippen molar-refractivity contribution in [3.05, 3.63) is 28.8 Å². The van der Waals surface area contributed by atoms with Gasteiger partial charge in [-0.2, -0.15) is 0 Å². The SMILES string of the molecule is COCCN(CC(=O)O)C1CC(C)c2c(C)ccc(O)c21. The number of hydrogen-bond donors (Lipinski definition) is 2. The molecule has 2 atom stereocenters. The van der Waals surface area contributed by atoms with E-state index in [1.807, 2.05) is 17.9 Å². The van der Waals surface area contributed by atoms with Gasteiger partial charge in [-0.25, -0.2) is 0 Å². The van der Waals surface area contributed by atoms with Gasteiger partial charge < -0.3 is 14.9 Å². The van der Waals surface area contributed by atoms with E-state index in [0.717, 1.165) is 23.1 Å². The average molecular weight is 293 g/mol. The fourth-order valence-electron chi connectivity index (χ4n) is 3.37. The van der Waals surface area contributed by atoms with Crippen LogP contribution in [0.3, 0.4) is 0 Å². The first-order chi connectivity index (χ1) is 9.95. The summed E-state index contributed by atoms with van der Waals surface area (Å²) in [7, 11) is 1.60. The van der Waals surface area contributed by atoms with Crippen molar-refractivity contribution in [2.24, 2.45) is 0 Å². The minimum Gasteiger partial charge on any atom is -0.508 e. The first kappa shape index (κ1) is 15.8. The van der Waals surface area contributed by atoms with Crippen LogP contribution in [-0.4, -0.2) is 47.9 Å². The van der Waals surface area contributed by atoms with Gasteiger partial charge >= 0.3 is 5.97 Å². The number of carboxylic acid groups (broad SMARTS) is 1. The van der Waals surface area contributed by atoms with E-state index in [1.54, 1.807) is 13.2 Å². The number of phenols is 1. The van der Waals surface area contributed by atoms with Crippen molar-refractivity contribution < 1.29 is 19.7 Å². The predicted molar refractivity (Wildman–Crippen MR) is 79.7 cm³/mol. The van der Waals surface area contributed by atoms with Crippen molar-refractivity contribution in [1.82, 2.24) is 4.90 Å². The number of hydrogen-bond acceptors (Lipinski definition) is 4. The van der Waals surface area contributed by atoms with Gasteiger partial charge in [-0.15, -0.1) is 0 Å². The maximum absolute atomic E-state index is 11.1. The van der Waals surface area contributed by atoms with Crippen LogP contribution in [0.2, 0.25) is 0 Å². The lowest BCUT2D eigenvalue weighted by atomic mass is 9.97. The van der Waals surface area contributed by atoms with Crippen molar-refractivity contribution in [1.29, 1.82) is 0 Å². The number of methoxy groups -OCH3 is 1. The monoisotopic (exact) mass is 293 g/mol. The Morgan fingerprint density at radius 3 is 2.76 bits per heavy atom. The predicted octanol–water partition coefficient (Wildman–Crippen LogP) is 2.28. The van der Waals surface area contributed by atoms with Crippen LogP contribution < -0.4 is 0 Å². The number of aryl methyl sites for hydroxylation is 1. The topological polar surface area (TPSA) is 70.0 Å². The third-order valence-electron chi connectivity index (χ3n) is 4.25. The van der Waals surface area contributed by atoms with E-state index >= 15 is 0 Å². The number of fused-ring (bicyclic) bond motifs is 1. The molecule has 2 unspecified atom stereocenters. The van der Waals surface area contributed by atoms with Gasteiger partial charge in [0.05, 0.1) is 13.2 Å². The molecule has 1 aliphatic rings. The van der Waals surface area contributed by atoms with Crippen molar-refractivity contribution in [3.63, 3.8) is 0 Å². The summed E-state index contributed by atoms with van der Waals surface area (Å²) >= 11 is 0. The van der Waals surface area contributed by atoms with Gasteiger partial charge in [0.1, 0.15) is 5.75 Å². The maximum Gasteiger partial charge on any atom is 0.317 e. The molecule has 1 aliphatic carbocycles. The van der Waals surface area contributed by atoms with Crippen LogP contribution in [-0.2, 0) is 9.53 Å². The quantitative estimate of drug-likeness (QED) is 0.842. The lowest BCUT2D eigenvalue weighted by Crippen LogP contribution is -2.35. The molecular weight excluding hydrogens is 270 g/mol. The Balaban J connectivity index is 2.36. The van der Waals surface area contributed by atoms with E-state index in [2.05, 4.69) is 6.92 Å². The molecule has 5 heteroatoms. The molecule has 0 amide bonds. The Morgan fingerprint density at radius 2 is 2.14 bits per heavy atom. The molecule has 5 nitrogen and oxygen atoms in total. The first-order valence-electron chi connectivity index (χ1n) is 7.22. The first-order valence-corrected chi connectivity index (χ1v) is 7.22. The van der Waals surface area contributed by atoms with Gasteiger partial charge in [-0.1, -0.05) is 13.0 Å². The van der Waals surface area contributed by atoms with Crippen molar-refractivity contribution >= 4 is 5.97 Å². The standard InChI is InChI=1S/C16H23NO4/c1-10-4-5-13(18)16-12(8-11(2)15(10)16)17(6-7-21-3)9-14(19)20/h4-5,11-12,18H,6-9H2,1-3H3,(H,19,20). The summed E-state index contributed by atoms with van der Waals surface area (Å²) in [6.07, 6.45) is 0.824. The molecular formula is C16H23NO4. The molecule has 0 bridgehead atoms. The molecule has 0 saturated heterocycles. The highest BCUT2D eigenvalue weighted by Crippen LogP contribution is 2.48. The van der Waals surface area contributed by atoms with E-state index in [-0.39, 0.29) is 18.3 Å². The normalized spacial score (nSPS) is 20.8. The number of phenolic OH excluding ortho intramolecular Hbond substituents is 1. The Morgan fingerprint density at radius 1 is 1.43 bits per heavy atom.